The van der Waals surface area contributed by atoms with Crippen LogP contribution in [0.3, 0.4) is 0 Å². The number of Topliss-reactive ketones (excluding diaryl/α,β-unsaturated/α-hetero) is 2. The number of hydrogen-bond donors (Lipinski definition) is 1. The highest BCUT2D eigenvalue weighted by molar-refractivity contribution is 6.23. The summed E-state index contributed by atoms with van der Waals surface area (Å²) in [5.41, 5.74) is -0.469. The van der Waals surface area contributed by atoms with Crippen LogP contribution in [0.25, 0.3) is 0 Å². The van der Waals surface area contributed by atoms with Gasteiger partial charge >= 0.3 is 0 Å². The molecular formula is C13H14O3. The van der Waals surface area contributed by atoms with Crippen LogP contribution in [0.2, 0.25) is 0 Å². The number of hydrogen-bond acceptors (Lipinski definition) is 3. The first kappa shape index (κ1) is 9.82. The first-order chi connectivity index (χ1) is 7.48. The Hall–Kier alpha value is -1.38. The predicted molar refractivity (Wildman–Crippen MR) is 57.7 cm³/mol. The Bertz CT molecular complexity index is 472. The molecule has 0 unspecified atom stereocenters. The first-order valence-corrected chi connectivity index (χ1v) is 5.65. The molecule has 3 aliphatic rings. The maximum Gasteiger partial charge on any atom is 0.174 e. The zero-order chi connectivity index (χ0) is 11.7. The fourth-order valence-corrected chi connectivity index (χ4v) is 3.77. The van der Waals surface area contributed by atoms with Crippen LogP contribution >= 0.6 is 0 Å². The summed E-state index contributed by atoms with van der Waals surface area (Å²) in [5.74, 6) is -0.208. The van der Waals surface area contributed by atoms with Gasteiger partial charge in [0.2, 0.25) is 0 Å². The summed E-state index contributed by atoms with van der Waals surface area (Å²) in [6.07, 6.45) is 5.07. The van der Waals surface area contributed by atoms with E-state index in [1.165, 1.54) is 6.92 Å². The van der Waals surface area contributed by atoms with Crippen LogP contribution in [0.1, 0.15) is 20.3 Å². The van der Waals surface area contributed by atoms with Crippen molar-refractivity contribution >= 4 is 11.6 Å². The zero-order valence-corrected chi connectivity index (χ0v) is 9.36. The van der Waals surface area contributed by atoms with Crippen LogP contribution in [0.5, 0.6) is 0 Å². The lowest BCUT2D eigenvalue weighted by molar-refractivity contribution is -0.123. The minimum atomic E-state index is -0.516. The lowest BCUT2D eigenvalue weighted by Gasteiger charge is -2.31. The number of aliphatic hydroxyl groups excluding tert-OH is 1. The highest BCUT2D eigenvalue weighted by atomic mass is 16.3. The molecule has 3 heteroatoms. The van der Waals surface area contributed by atoms with E-state index >= 15 is 0 Å². The third-order valence-corrected chi connectivity index (χ3v) is 4.59. The number of aliphatic hydroxyl groups is 1. The van der Waals surface area contributed by atoms with Gasteiger partial charge in [-0.2, -0.15) is 0 Å². The van der Waals surface area contributed by atoms with Crippen molar-refractivity contribution in [1.82, 2.24) is 0 Å². The second-order valence-corrected chi connectivity index (χ2v) is 5.30. The fourth-order valence-electron chi connectivity index (χ4n) is 3.77. The average Bonchev–Trinajstić information content (AvgIpc) is 2.79. The van der Waals surface area contributed by atoms with E-state index in [1.807, 2.05) is 6.92 Å². The van der Waals surface area contributed by atoms with Crippen LogP contribution in [0, 0.1) is 23.2 Å². The minimum Gasteiger partial charge on any atom is -0.511 e. The lowest BCUT2D eigenvalue weighted by atomic mass is 9.71. The molecule has 0 aromatic rings. The van der Waals surface area contributed by atoms with Gasteiger partial charge in [-0.05, 0) is 25.2 Å². The number of allylic oxidation sites excluding steroid dienone is 4. The van der Waals surface area contributed by atoms with Gasteiger partial charge in [0.25, 0.3) is 0 Å². The van der Waals surface area contributed by atoms with Gasteiger partial charge < -0.3 is 5.11 Å². The van der Waals surface area contributed by atoms with E-state index in [-0.39, 0.29) is 40.7 Å². The van der Waals surface area contributed by atoms with Crippen molar-refractivity contribution in [2.75, 3.05) is 0 Å². The number of carbonyl (C=O) groups excluding carboxylic acids is 2. The molecule has 3 rings (SSSR count). The molecule has 0 aromatic heterocycles. The molecule has 1 saturated carbocycles. The second-order valence-electron chi connectivity index (χ2n) is 5.30. The lowest BCUT2D eigenvalue weighted by Crippen LogP contribution is -2.32. The smallest absolute Gasteiger partial charge is 0.174 e. The summed E-state index contributed by atoms with van der Waals surface area (Å²) in [6, 6.07) is 0. The number of carbonyl (C=O) groups is 2. The Morgan fingerprint density at radius 1 is 1.50 bits per heavy atom. The Morgan fingerprint density at radius 2 is 2.19 bits per heavy atom. The molecule has 0 spiro atoms. The molecule has 0 heterocycles. The summed E-state index contributed by atoms with van der Waals surface area (Å²) in [6.45, 7) is 3.26. The molecule has 84 valence electrons. The van der Waals surface area contributed by atoms with Crippen LogP contribution in [0.15, 0.2) is 23.5 Å². The first-order valence-electron chi connectivity index (χ1n) is 5.65. The molecule has 1 fully saturated rings. The molecule has 0 saturated heterocycles. The highest BCUT2D eigenvalue weighted by Gasteiger charge is 2.63. The minimum absolute atomic E-state index is 0.0341. The Balaban J connectivity index is 2.19. The molecule has 0 radical (unpaired) electrons. The van der Waals surface area contributed by atoms with Crippen molar-refractivity contribution in [2.24, 2.45) is 23.2 Å². The molecule has 0 aromatic carbocycles. The maximum absolute atomic E-state index is 12.2. The molecule has 1 N–H and O–H groups in total. The van der Waals surface area contributed by atoms with Gasteiger partial charge in [0.1, 0.15) is 5.76 Å². The van der Waals surface area contributed by atoms with Crippen LogP contribution < -0.4 is 0 Å². The van der Waals surface area contributed by atoms with Gasteiger partial charge in [0, 0.05) is 11.3 Å². The Labute approximate surface area is 93.8 Å². The van der Waals surface area contributed by atoms with Gasteiger partial charge in [-0.3, -0.25) is 9.59 Å². The van der Waals surface area contributed by atoms with Crippen molar-refractivity contribution in [3.05, 3.63) is 23.5 Å². The van der Waals surface area contributed by atoms with Crippen LogP contribution in [-0.2, 0) is 9.59 Å². The predicted octanol–water partition coefficient (Wildman–Crippen LogP) is 1.80. The van der Waals surface area contributed by atoms with E-state index in [0.29, 0.717) is 0 Å². The fraction of sp³-hybridized carbons (Fsp3) is 0.538. The molecule has 0 amide bonds. The molecular weight excluding hydrogens is 204 g/mol. The molecule has 2 bridgehead atoms. The van der Waals surface area contributed by atoms with E-state index in [1.54, 1.807) is 0 Å². The van der Waals surface area contributed by atoms with E-state index < -0.39 is 5.41 Å². The molecule has 3 nitrogen and oxygen atoms in total. The van der Waals surface area contributed by atoms with Gasteiger partial charge in [-0.25, -0.2) is 0 Å². The van der Waals surface area contributed by atoms with Gasteiger partial charge in [-0.15, -0.1) is 0 Å². The number of ketones is 2. The summed E-state index contributed by atoms with van der Waals surface area (Å²) < 4.78 is 0. The Kier molecular flexibility index (Phi) is 1.63. The monoisotopic (exact) mass is 218 g/mol. The second kappa shape index (κ2) is 2.65. The van der Waals surface area contributed by atoms with Gasteiger partial charge in [0.05, 0.1) is 5.57 Å². The highest BCUT2D eigenvalue weighted by Crippen LogP contribution is 2.63. The van der Waals surface area contributed by atoms with Crippen LogP contribution in [-0.4, -0.2) is 16.7 Å². The van der Waals surface area contributed by atoms with Crippen molar-refractivity contribution in [2.45, 2.75) is 20.3 Å². The quantitative estimate of drug-likeness (QED) is 0.539. The van der Waals surface area contributed by atoms with Gasteiger partial charge in [-0.1, -0.05) is 19.1 Å². The number of fused-ring (bicyclic) bond motifs is 5. The normalized spacial score (nSPS) is 44.4. The zero-order valence-electron chi connectivity index (χ0n) is 9.36. The van der Waals surface area contributed by atoms with E-state index in [4.69, 9.17) is 0 Å². The largest absolute Gasteiger partial charge is 0.511 e. The summed E-state index contributed by atoms with van der Waals surface area (Å²) in [5, 5.41) is 10.2. The van der Waals surface area contributed by atoms with Crippen molar-refractivity contribution < 1.29 is 14.7 Å². The third kappa shape index (κ3) is 0.819. The standard InChI is InChI=1S/C13H14O3/c1-6(14)9-11(15)10-7-3-4-8(5-7)13(10,2)12(9)16/h3-4,7-8,10,16H,5H2,1-2H3/t7-,8-,10-,13-/m0/s1. The molecule has 16 heavy (non-hydrogen) atoms. The maximum atomic E-state index is 12.2. The molecule has 3 aliphatic carbocycles. The third-order valence-electron chi connectivity index (χ3n) is 4.59. The van der Waals surface area contributed by atoms with E-state index in [2.05, 4.69) is 12.2 Å². The average molecular weight is 218 g/mol. The Morgan fingerprint density at radius 3 is 2.75 bits per heavy atom. The topological polar surface area (TPSA) is 54.4 Å². The summed E-state index contributed by atoms with van der Waals surface area (Å²) >= 11 is 0. The van der Waals surface area contributed by atoms with Crippen molar-refractivity contribution in [1.29, 1.82) is 0 Å². The van der Waals surface area contributed by atoms with Crippen molar-refractivity contribution in [3.8, 4) is 0 Å². The molecule has 0 aliphatic heterocycles. The number of rotatable bonds is 1. The van der Waals surface area contributed by atoms with Crippen molar-refractivity contribution in [3.63, 3.8) is 0 Å². The summed E-state index contributed by atoms with van der Waals surface area (Å²) in [4.78, 5) is 23.6. The van der Waals surface area contributed by atoms with Crippen LogP contribution in [0.4, 0.5) is 0 Å². The summed E-state index contributed by atoms with van der Waals surface area (Å²) in [7, 11) is 0. The van der Waals surface area contributed by atoms with E-state index in [0.717, 1.165) is 6.42 Å². The van der Waals surface area contributed by atoms with Gasteiger partial charge in [0.15, 0.2) is 11.6 Å². The molecule has 4 atom stereocenters. The SMILES string of the molecule is CC(=O)C1=C(O)[C@]2(C)[C@H](C1=O)[C@H]1C=C[C@H]2C1. The van der Waals surface area contributed by atoms with E-state index in [9.17, 15) is 14.7 Å².